The van der Waals surface area contributed by atoms with Gasteiger partial charge in [-0.1, -0.05) is 57.2 Å². The number of carbonyl (C=O) groups excluding carboxylic acids is 3. The maximum absolute atomic E-state index is 13.9. The van der Waals surface area contributed by atoms with Gasteiger partial charge in [-0.3, -0.25) is 24.2 Å². The van der Waals surface area contributed by atoms with Crippen molar-refractivity contribution in [3.05, 3.63) is 64.1 Å². The van der Waals surface area contributed by atoms with Gasteiger partial charge in [-0.15, -0.1) is 0 Å². The first kappa shape index (κ1) is 30.0. The number of amides is 4. The number of likely N-dealkylation sites (tertiary alicyclic amines) is 1. The highest BCUT2D eigenvalue weighted by atomic mass is 16.5. The Balaban J connectivity index is 1.32. The van der Waals surface area contributed by atoms with Gasteiger partial charge in [0, 0.05) is 58.0 Å². The summed E-state index contributed by atoms with van der Waals surface area (Å²) in [5, 5.41) is 0. The van der Waals surface area contributed by atoms with Crippen molar-refractivity contribution in [3.8, 4) is 5.75 Å². The second-order valence-corrected chi connectivity index (χ2v) is 12.4. The van der Waals surface area contributed by atoms with E-state index >= 15 is 0 Å². The maximum Gasteiger partial charge on any atom is 0.332 e. The van der Waals surface area contributed by atoms with Gasteiger partial charge in [-0.05, 0) is 48.9 Å². The van der Waals surface area contributed by atoms with Gasteiger partial charge in [0.1, 0.15) is 11.2 Å². The molecule has 0 aliphatic carbocycles. The van der Waals surface area contributed by atoms with Crippen molar-refractivity contribution in [1.29, 1.82) is 0 Å². The molecule has 0 unspecified atom stereocenters. The molecule has 4 amide bonds. The molecule has 5 rings (SSSR count). The van der Waals surface area contributed by atoms with Crippen LogP contribution in [-0.2, 0) is 22.6 Å². The SMILES string of the molecule is CCCCCCCCOc1ccc(CC2(CN3C[C@H]4C[C@@H](C3)c3cccc(=O)n3C4)C(=O)N(C)C(=O)N(C)C2=O)cc1. The summed E-state index contributed by atoms with van der Waals surface area (Å²) in [6.07, 6.45) is 8.36. The molecule has 0 saturated carbocycles. The molecule has 3 aliphatic heterocycles. The van der Waals surface area contributed by atoms with Crippen LogP contribution in [0.25, 0.3) is 0 Å². The van der Waals surface area contributed by atoms with E-state index in [0.29, 0.717) is 26.2 Å². The molecule has 226 valence electrons. The van der Waals surface area contributed by atoms with Gasteiger partial charge in [-0.2, -0.15) is 0 Å². The second kappa shape index (κ2) is 12.8. The number of carbonyl (C=O) groups is 3. The topological polar surface area (TPSA) is 92.2 Å². The van der Waals surface area contributed by atoms with Crippen LogP contribution in [0, 0.1) is 11.3 Å². The van der Waals surface area contributed by atoms with Crippen LogP contribution in [0.4, 0.5) is 4.79 Å². The molecule has 0 spiro atoms. The van der Waals surface area contributed by atoms with E-state index in [1.165, 1.54) is 39.8 Å². The summed E-state index contributed by atoms with van der Waals surface area (Å²) in [6, 6.07) is 12.4. The first-order chi connectivity index (χ1) is 20.2. The zero-order valence-corrected chi connectivity index (χ0v) is 25.2. The zero-order chi connectivity index (χ0) is 29.9. The second-order valence-electron chi connectivity index (χ2n) is 12.4. The Morgan fingerprint density at radius 1 is 0.833 bits per heavy atom. The average molecular weight is 577 g/mol. The third kappa shape index (κ3) is 6.02. The molecule has 0 N–H and O–H groups in total. The van der Waals surface area contributed by atoms with Crippen molar-refractivity contribution in [2.45, 2.75) is 70.8 Å². The molecule has 1 aromatic carbocycles. The Labute approximate surface area is 248 Å². The molecule has 2 atom stereocenters. The van der Waals surface area contributed by atoms with Crippen molar-refractivity contribution >= 4 is 17.8 Å². The van der Waals surface area contributed by atoms with Crippen molar-refractivity contribution in [2.75, 3.05) is 40.3 Å². The lowest BCUT2D eigenvalue weighted by atomic mass is 9.75. The largest absolute Gasteiger partial charge is 0.494 e. The fourth-order valence-electron chi connectivity index (χ4n) is 7.11. The Morgan fingerprint density at radius 3 is 2.24 bits per heavy atom. The number of piperidine rings is 1. The van der Waals surface area contributed by atoms with Gasteiger partial charge in [0.25, 0.3) is 5.56 Å². The molecule has 2 saturated heterocycles. The highest BCUT2D eigenvalue weighted by Gasteiger charge is 2.56. The molecular formula is C33H44N4O5. The van der Waals surface area contributed by atoms with Gasteiger partial charge >= 0.3 is 6.03 Å². The quantitative estimate of drug-likeness (QED) is 0.277. The van der Waals surface area contributed by atoms with Crippen LogP contribution in [0.1, 0.15) is 69.0 Å². The number of unbranched alkanes of at least 4 members (excludes halogenated alkanes) is 5. The number of aromatic nitrogens is 1. The molecule has 2 fully saturated rings. The maximum atomic E-state index is 13.9. The fourth-order valence-corrected chi connectivity index (χ4v) is 7.11. The van der Waals surface area contributed by atoms with Gasteiger partial charge in [-0.25, -0.2) is 4.79 Å². The summed E-state index contributed by atoms with van der Waals surface area (Å²) in [6.45, 7) is 5.06. The number of benzene rings is 1. The van der Waals surface area contributed by atoms with E-state index in [-0.39, 0.29) is 30.4 Å². The third-order valence-electron chi connectivity index (χ3n) is 9.25. The summed E-state index contributed by atoms with van der Waals surface area (Å²) >= 11 is 0. The standard InChI is InChI=1S/C33H44N4O5/c1-4-5-6-7-8-9-17-42-27-15-13-24(14-16-27)19-33(30(39)34(2)32(41)35(3)31(33)40)23-36-20-25-18-26(22-36)28-11-10-12-29(38)37(28)21-25/h10-16,25-26H,4-9,17-23H2,1-3H3/t25-,26+/m1/s1. The number of fused-ring (bicyclic) bond motifs is 4. The molecule has 1 aromatic heterocycles. The predicted octanol–water partition coefficient (Wildman–Crippen LogP) is 4.29. The molecular weight excluding hydrogens is 532 g/mol. The summed E-state index contributed by atoms with van der Waals surface area (Å²) in [5.41, 5.74) is 0.444. The Morgan fingerprint density at radius 2 is 1.52 bits per heavy atom. The third-order valence-corrected chi connectivity index (χ3v) is 9.25. The molecule has 4 heterocycles. The lowest BCUT2D eigenvalue weighted by molar-refractivity contribution is -0.159. The Hall–Kier alpha value is -3.46. The van der Waals surface area contributed by atoms with E-state index in [1.54, 1.807) is 12.1 Å². The van der Waals surface area contributed by atoms with E-state index in [1.807, 2.05) is 34.9 Å². The van der Waals surface area contributed by atoms with E-state index in [0.717, 1.165) is 46.1 Å². The molecule has 3 aliphatic rings. The smallest absolute Gasteiger partial charge is 0.332 e. The summed E-state index contributed by atoms with van der Waals surface area (Å²) in [7, 11) is 2.91. The highest BCUT2D eigenvalue weighted by molar-refractivity contribution is 6.19. The predicted molar refractivity (Wildman–Crippen MR) is 160 cm³/mol. The van der Waals surface area contributed by atoms with E-state index in [9.17, 15) is 19.2 Å². The number of hydrogen-bond donors (Lipinski definition) is 0. The van der Waals surface area contributed by atoms with Gasteiger partial charge in [0.15, 0.2) is 0 Å². The van der Waals surface area contributed by atoms with Crippen molar-refractivity contribution in [3.63, 3.8) is 0 Å². The minimum absolute atomic E-state index is 0.0194. The first-order valence-corrected chi connectivity index (χ1v) is 15.5. The van der Waals surface area contributed by atoms with Crippen LogP contribution in [0.2, 0.25) is 0 Å². The zero-order valence-electron chi connectivity index (χ0n) is 25.2. The summed E-state index contributed by atoms with van der Waals surface area (Å²) < 4.78 is 7.82. The molecule has 2 bridgehead atoms. The fraction of sp³-hybridized carbons (Fsp3) is 0.576. The minimum Gasteiger partial charge on any atom is -0.494 e. The number of nitrogens with zero attached hydrogens (tertiary/aromatic N) is 4. The lowest BCUT2D eigenvalue weighted by Gasteiger charge is -2.48. The van der Waals surface area contributed by atoms with Gasteiger partial charge in [0.05, 0.1) is 6.61 Å². The number of pyridine rings is 1. The Kier molecular flexibility index (Phi) is 9.16. The average Bonchev–Trinajstić information content (AvgIpc) is 2.99. The lowest BCUT2D eigenvalue weighted by Crippen LogP contribution is -2.67. The number of urea groups is 1. The highest BCUT2D eigenvalue weighted by Crippen LogP contribution is 2.39. The normalized spacial score (nSPS) is 21.9. The van der Waals surface area contributed by atoms with Crippen LogP contribution in [0.3, 0.4) is 0 Å². The number of rotatable bonds is 12. The molecule has 2 aromatic rings. The van der Waals surface area contributed by atoms with E-state index < -0.39 is 23.3 Å². The summed E-state index contributed by atoms with van der Waals surface area (Å²) in [5.74, 6) is 0.238. The van der Waals surface area contributed by atoms with Crippen molar-refractivity contribution in [2.24, 2.45) is 11.3 Å². The van der Waals surface area contributed by atoms with Crippen molar-refractivity contribution < 1.29 is 19.1 Å². The van der Waals surface area contributed by atoms with Crippen LogP contribution >= 0.6 is 0 Å². The monoisotopic (exact) mass is 576 g/mol. The number of hydrogen-bond acceptors (Lipinski definition) is 6. The van der Waals surface area contributed by atoms with Crippen LogP contribution in [0.5, 0.6) is 5.75 Å². The van der Waals surface area contributed by atoms with Crippen LogP contribution in [-0.4, -0.2) is 77.4 Å². The number of imide groups is 2. The molecule has 9 heteroatoms. The van der Waals surface area contributed by atoms with Crippen LogP contribution < -0.4 is 10.3 Å². The molecule has 42 heavy (non-hydrogen) atoms. The number of ether oxygens (including phenoxy) is 1. The first-order valence-electron chi connectivity index (χ1n) is 15.5. The van der Waals surface area contributed by atoms with Crippen molar-refractivity contribution in [1.82, 2.24) is 19.3 Å². The van der Waals surface area contributed by atoms with E-state index in [2.05, 4.69) is 11.8 Å². The van der Waals surface area contributed by atoms with Crippen LogP contribution in [0.15, 0.2) is 47.3 Å². The Bertz CT molecular complexity index is 1330. The minimum atomic E-state index is -1.43. The van der Waals surface area contributed by atoms with Gasteiger partial charge < -0.3 is 14.2 Å². The van der Waals surface area contributed by atoms with E-state index in [4.69, 9.17) is 4.74 Å². The molecule has 0 radical (unpaired) electrons. The molecule has 9 nitrogen and oxygen atoms in total. The van der Waals surface area contributed by atoms with Gasteiger partial charge in [0.2, 0.25) is 11.8 Å². The summed E-state index contributed by atoms with van der Waals surface area (Å²) in [4.78, 5) is 57.3. The number of barbiturate groups is 1.